The number of pyridine rings is 2. The fourth-order valence-electron chi connectivity index (χ4n) is 1.20. The number of carbonyl (C=O) groups excluding carboxylic acids is 1. The first-order valence-corrected chi connectivity index (χ1v) is 5.63. The van der Waals surface area contributed by atoms with Gasteiger partial charge in [-0.2, -0.15) is 0 Å². The first kappa shape index (κ1) is 10.8. The first-order valence-electron chi connectivity index (χ1n) is 4.81. The average Bonchev–Trinajstić information content (AvgIpc) is 2.30. The zero-order valence-corrected chi connectivity index (χ0v) is 9.57. The molecule has 0 saturated carbocycles. The molecule has 0 atom stereocenters. The molecule has 2 aromatic heterocycles. The molecule has 0 aliphatic carbocycles. The molecule has 2 rings (SSSR count). The van der Waals surface area contributed by atoms with Crippen LogP contribution in [0, 0.1) is 0 Å². The standard InChI is InChI=1S/C12H10N2OS/c1-9(15)10-5-7-14-12(8-10)16-11-4-2-3-6-13-11/h2-8H,1H3. The Bertz CT molecular complexity index is 499. The minimum absolute atomic E-state index is 0.0465. The van der Waals surface area contributed by atoms with E-state index >= 15 is 0 Å². The summed E-state index contributed by atoms with van der Waals surface area (Å²) in [7, 11) is 0. The summed E-state index contributed by atoms with van der Waals surface area (Å²) in [6.07, 6.45) is 3.37. The quantitative estimate of drug-likeness (QED) is 0.760. The van der Waals surface area contributed by atoms with E-state index in [4.69, 9.17) is 0 Å². The summed E-state index contributed by atoms with van der Waals surface area (Å²) in [5.41, 5.74) is 0.674. The van der Waals surface area contributed by atoms with Crippen LogP contribution in [-0.4, -0.2) is 15.8 Å². The van der Waals surface area contributed by atoms with Crippen molar-refractivity contribution in [3.8, 4) is 0 Å². The molecule has 0 N–H and O–H groups in total. The highest BCUT2D eigenvalue weighted by atomic mass is 32.2. The molecule has 0 unspecified atom stereocenters. The van der Waals surface area contributed by atoms with Crippen LogP contribution in [-0.2, 0) is 0 Å². The van der Waals surface area contributed by atoms with Gasteiger partial charge in [0, 0.05) is 18.0 Å². The van der Waals surface area contributed by atoms with E-state index < -0.39 is 0 Å². The molecule has 0 aliphatic rings. The molecule has 3 nitrogen and oxygen atoms in total. The molecule has 0 saturated heterocycles. The number of nitrogens with zero attached hydrogens (tertiary/aromatic N) is 2. The van der Waals surface area contributed by atoms with Gasteiger partial charge in [0.25, 0.3) is 0 Å². The Morgan fingerprint density at radius 1 is 1.12 bits per heavy atom. The molecule has 0 fully saturated rings. The predicted octanol–water partition coefficient (Wildman–Crippen LogP) is 2.83. The van der Waals surface area contributed by atoms with E-state index in [0.29, 0.717) is 5.56 Å². The number of hydrogen-bond donors (Lipinski definition) is 0. The number of ketones is 1. The maximum atomic E-state index is 11.2. The number of Topliss-reactive ketones (excluding diaryl/α,β-unsaturated/α-hetero) is 1. The Morgan fingerprint density at radius 3 is 2.62 bits per heavy atom. The van der Waals surface area contributed by atoms with Crippen molar-refractivity contribution in [3.05, 3.63) is 48.3 Å². The second-order valence-electron chi connectivity index (χ2n) is 3.21. The third kappa shape index (κ3) is 2.67. The van der Waals surface area contributed by atoms with E-state index in [9.17, 15) is 4.79 Å². The largest absolute Gasteiger partial charge is 0.295 e. The zero-order valence-electron chi connectivity index (χ0n) is 8.75. The van der Waals surface area contributed by atoms with E-state index in [1.807, 2.05) is 18.2 Å². The van der Waals surface area contributed by atoms with Crippen LogP contribution in [0.3, 0.4) is 0 Å². The first-order chi connectivity index (χ1) is 7.75. The van der Waals surface area contributed by atoms with Gasteiger partial charge in [0.05, 0.1) is 0 Å². The van der Waals surface area contributed by atoms with Crippen LogP contribution in [0.5, 0.6) is 0 Å². The van der Waals surface area contributed by atoms with Crippen molar-refractivity contribution in [1.82, 2.24) is 9.97 Å². The monoisotopic (exact) mass is 230 g/mol. The molecule has 0 amide bonds. The number of hydrogen-bond acceptors (Lipinski definition) is 4. The van der Waals surface area contributed by atoms with Gasteiger partial charge in [0.15, 0.2) is 5.78 Å². The van der Waals surface area contributed by atoms with Crippen molar-refractivity contribution in [2.24, 2.45) is 0 Å². The lowest BCUT2D eigenvalue weighted by Crippen LogP contribution is -1.93. The second-order valence-corrected chi connectivity index (χ2v) is 4.25. The fraction of sp³-hybridized carbons (Fsp3) is 0.0833. The van der Waals surface area contributed by atoms with Crippen LogP contribution < -0.4 is 0 Å². The Kier molecular flexibility index (Phi) is 3.31. The molecule has 80 valence electrons. The van der Waals surface area contributed by atoms with Gasteiger partial charge in [0.2, 0.25) is 0 Å². The summed E-state index contributed by atoms with van der Waals surface area (Å²) < 4.78 is 0. The maximum absolute atomic E-state index is 11.2. The predicted molar refractivity (Wildman–Crippen MR) is 62.6 cm³/mol. The average molecular weight is 230 g/mol. The smallest absolute Gasteiger partial charge is 0.159 e. The van der Waals surface area contributed by atoms with Crippen LogP contribution in [0.25, 0.3) is 0 Å². The molecule has 0 aromatic carbocycles. The van der Waals surface area contributed by atoms with Crippen LogP contribution in [0.4, 0.5) is 0 Å². The summed E-state index contributed by atoms with van der Waals surface area (Å²) in [6, 6.07) is 9.19. The van der Waals surface area contributed by atoms with Crippen molar-refractivity contribution < 1.29 is 4.79 Å². The molecule has 2 heterocycles. The molecule has 0 spiro atoms. The minimum Gasteiger partial charge on any atom is -0.295 e. The van der Waals surface area contributed by atoms with Crippen LogP contribution in [0.2, 0.25) is 0 Å². The molecule has 0 radical (unpaired) electrons. The van der Waals surface area contributed by atoms with E-state index in [1.165, 1.54) is 11.8 Å². The van der Waals surface area contributed by atoms with Gasteiger partial charge < -0.3 is 0 Å². The Labute approximate surface area is 97.9 Å². The van der Waals surface area contributed by atoms with Crippen molar-refractivity contribution in [3.63, 3.8) is 0 Å². The molecular formula is C12H10N2OS. The van der Waals surface area contributed by atoms with Crippen LogP contribution in [0.15, 0.2) is 52.8 Å². The van der Waals surface area contributed by atoms with Crippen molar-refractivity contribution in [1.29, 1.82) is 0 Å². The number of carbonyl (C=O) groups is 1. The van der Waals surface area contributed by atoms with Gasteiger partial charge in [-0.1, -0.05) is 17.8 Å². The highest BCUT2D eigenvalue weighted by Gasteiger charge is 2.03. The lowest BCUT2D eigenvalue weighted by Gasteiger charge is -2.00. The summed E-state index contributed by atoms with van der Waals surface area (Å²) >= 11 is 1.44. The third-order valence-electron chi connectivity index (χ3n) is 1.99. The number of aromatic nitrogens is 2. The molecule has 0 bridgehead atoms. The van der Waals surface area contributed by atoms with Gasteiger partial charge in [0.1, 0.15) is 10.1 Å². The highest BCUT2D eigenvalue weighted by Crippen LogP contribution is 2.23. The summed E-state index contributed by atoms with van der Waals surface area (Å²) in [6.45, 7) is 1.55. The summed E-state index contributed by atoms with van der Waals surface area (Å²) in [4.78, 5) is 19.6. The van der Waals surface area contributed by atoms with E-state index in [2.05, 4.69) is 9.97 Å². The number of rotatable bonds is 3. The van der Waals surface area contributed by atoms with E-state index in [-0.39, 0.29) is 5.78 Å². The van der Waals surface area contributed by atoms with E-state index in [0.717, 1.165) is 10.1 Å². The van der Waals surface area contributed by atoms with Crippen LogP contribution >= 0.6 is 11.8 Å². The Hall–Kier alpha value is -1.68. The van der Waals surface area contributed by atoms with Crippen LogP contribution in [0.1, 0.15) is 17.3 Å². The summed E-state index contributed by atoms with van der Waals surface area (Å²) in [5.74, 6) is 0.0465. The van der Waals surface area contributed by atoms with Gasteiger partial charge in [-0.05, 0) is 31.2 Å². The molecule has 16 heavy (non-hydrogen) atoms. The summed E-state index contributed by atoms with van der Waals surface area (Å²) in [5, 5.41) is 1.65. The SMILES string of the molecule is CC(=O)c1ccnc(Sc2ccccn2)c1. The van der Waals surface area contributed by atoms with E-state index in [1.54, 1.807) is 31.5 Å². The third-order valence-corrected chi connectivity index (χ3v) is 2.87. The minimum atomic E-state index is 0.0465. The second kappa shape index (κ2) is 4.90. The van der Waals surface area contributed by atoms with Gasteiger partial charge in [-0.25, -0.2) is 9.97 Å². The molecule has 4 heteroatoms. The van der Waals surface area contributed by atoms with Crippen molar-refractivity contribution >= 4 is 17.5 Å². The highest BCUT2D eigenvalue weighted by molar-refractivity contribution is 7.99. The maximum Gasteiger partial charge on any atom is 0.159 e. The zero-order chi connectivity index (χ0) is 11.4. The molecule has 2 aromatic rings. The van der Waals surface area contributed by atoms with Crippen molar-refractivity contribution in [2.75, 3.05) is 0 Å². The Balaban J connectivity index is 2.22. The molecular weight excluding hydrogens is 220 g/mol. The topological polar surface area (TPSA) is 42.9 Å². The van der Waals surface area contributed by atoms with Crippen molar-refractivity contribution in [2.45, 2.75) is 17.0 Å². The van der Waals surface area contributed by atoms with Gasteiger partial charge >= 0.3 is 0 Å². The molecule has 0 aliphatic heterocycles. The lowest BCUT2D eigenvalue weighted by atomic mass is 10.2. The Morgan fingerprint density at radius 2 is 1.94 bits per heavy atom. The fourth-order valence-corrected chi connectivity index (χ4v) is 1.97. The lowest BCUT2D eigenvalue weighted by molar-refractivity contribution is 0.101. The normalized spacial score (nSPS) is 10.1. The van der Waals surface area contributed by atoms with Gasteiger partial charge in [-0.15, -0.1) is 0 Å². The van der Waals surface area contributed by atoms with Gasteiger partial charge in [-0.3, -0.25) is 4.79 Å².